The first-order chi connectivity index (χ1) is 9.11. The van der Waals surface area contributed by atoms with E-state index in [1.165, 1.54) is 23.9 Å². The highest BCUT2D eigenvalue weighted by molar-refractivity contribution is 7.98. The normalized spacial score (nSPS) is 10.3. The van der Waals surface area contributed by atoms with E-state index >= 15 is 0 Å². The molecule has 2 aromatic rings. The van der Waals surface area contributed by atoms with Gasteiger partial charge in [0.15, 0.2) is 0 Å². The van der Waals surface area contributed by atoms with E-state index in [0.29, 0.717) is 5.69 Å². The van der Waals surface area contributed by atoms with E-state index < -0.39 is 11.7 Å². The van der Waals surface area contributed by atoms with Gasteiger partial charge in [0.1, 0.15) is 5.82 Å². The van der Waals surface area contributed by atoms with Crippen molar-refractivity contribution in [1.82, 2.24) is 0 Å². The number of anilines is 1. The third-order valence-corrected chi connectivity index (χ3v) is 3.52. The number of thioether (sulfide) groups is 1. The predicted molar refractivity (Wildman–Crippen MR) is 77.3 cm³/mol. The van der Waals surface area contributed by atoms with E-state index in [2.05, 4.69) is 5.32 Å². The van der Waals surface area contributed by atoms with Crippen LogP contribution in [0, 0.1) is 12.7 Å². The van der Waals surface area contributed by atoms with Crippen molar-refractivity contribution < 1.29 is 9.18 Å². The summed E-state index contributed by atoms with van der Waals surface area (Å²) in [7, 11) is 0. The number of para-hydroxylation sites is 1. The number of halogens is 1. The van der Waals surface area contributed by atoms with Crippen LogP contribution in [-0.4, -0.2) is 12.2 Å². The Morgan fingerprint density at radius 1 is 1.21 bits per heavy atom. The number of aryl methyl sites for hydroxylation is 1. The van der Waals surface area contributed by atoms with Crippen molar-refractivity contribution in [3.63, 3.8) is 0 Å². The largest absolute Gasteiger partial charge is 0.321 e. The van der Waals surface area contributed by atoms with Crippen molar-refractivity contribution in [3.8, 4) is 0 Å². The molecule has 0 spiro atoms. The van der Waals surface area contributed by atoms with Gasteiger partial charge in [-0.1, -0.05) is 18.2 Å². The summed E-state index contributed by atoms with van der Waals surface area (Å²) in [6.07, 6.45) is 1.93. The van der Waals surface area contributed by atoms with E-state index in [4.69, 9.17) is 0 Å². The van der Waals surface area contributed by atoms with Crippen LogP contribution < -0.4 is 5.32 Å². The molecule has 0 bridgehead atoms. The Morgan fingerprint density at radius 3 is 2.63 bits per heavy atom. The van der Waals surface area contributed by atoms with Crippen LogP contribution in [0.5, 0.6) is 0 Å². The maximum Gasteiger partial charge on any atom is 0.258 e. The van der Waals surface area contributed by atoms with Gasteiger partial charge in [0.25, 0.3) is 5.91 Å². The second-order valence-corrected chi connectivity index (χ2v) is 4.99. The van der Waals surface area contributed by atoms with Crippen LogP contribution in [0.1, 0.15) is 15.9 Å². The molecule has 1 N–H and O–H groups in total. The first-order valence-electron chi connectivity index (χ1n) is 5.82. The molecule has 2 aromatic carbocycles. The minimum Gasteiger partial charge on any atom is -0.321 e. The van der Waals surface area contributed by atoms with Crippen LogP contribution in [0.25, 0.3) is 0 Å². The standard InChI is InChI=1S/C15H14FNOS/c1-10-7-8-11(12(16)9-10)15(18)17-13-5-3-4-6-14(13)19-2/h3-9H,1-2H3,(H,17,18). The Kier molecular flexibility index (Phi) is 4.22. The molecule has 0 radical (unpaired) electrons. The van der Waals surface area contributed by atoms with Gasteiger partial charge < -0.3 is 5.32 Å². The number of amides is 1. The highest BCUT2D eigenvalue weighted by Crippen LogP contribution is 2.25. The summed E-state index contributed by atoms with van der Waals surface area (Å²) in [6, 6.07) is 12.0. The first-order valence-corrected chi connectivity index (χ1v) is 7.05. The SMILES string of the molecule is CSc1ccccc1NC(=O)c1ccc(C)cc1F. The lowest BCUT2D eigenvalue weighted by Gasteiger charge is -2.10. The van der Waals surface area contributed by atoms with E-state index in [1.54, 1.807) is 19.1 Å². The molecule has 2 rings (SSSR count). The van der Waals surface area contributed by atoms with Crippen LogP contribution in [0.2, 0.25) is 0 Å². The molecule has 2 nitrogen and oxygen atoms in total. The quantitative estimate of drug-likeness (QED) is 0.854. The van der Waals surface area contributed by atoms with Crippen molar-refractivity contribution in [1.29, 1.82) is 0 Å². The van der Waals surface area contributed by atoms with Gasteiger partial charge in [0, 0.05) is 4.90 Å². The van der Waals surface area contributed by atoms with E-state index in [0.717, 1.165) is 10.5 Å². The van der Waals surface area contributed by atoms with Gasteiger partial charge >= 0.3 is 0 Å². The zero-order chi connectivity index (χ0) is 13.8. The Bertz CT molecular complexity index is 613. The Balaban J connectivity index is 2.26. The van der Waals surface area contributed by atoms with E-state index in [-0.39, 0.29) is 5.56 Å². The molecule has 0 aromatic heterocycles. The topological polar surface area (TPSA) is 29.1 Å². The molecular weight excluding hydrogens is 261 g/mol. The molecule has 0 aliphatic carbocycles. The van der Waals surface area contributed by atoms with Crippen molar-refractivity contribution in [2.75, 3.05) is 11.6 Å². The molecular formula is C15H14FNOS. The maximum atomic E-state index is 13.7. The highest BCUT2D eigenvalue weighted by Gasteiger charge is 2.13. The Labute approximate surface area is 116 Å². The molecule has 0 fully saturated rings. The minimum atomic E-state index is -0.501. The lowest BCUT2D eigenvalue weighted by molar-refractivity contribution is 0.102. The molecule has 19 heavy (non-hydrogen) atoms. The molecule has 0 atom stereocenters. The monoisotopic (exact) mass is 275 g/mol. The minimum absolute atomic E-state index is 0.0570. The third kappa shape index (κ3) is 3.15. The van der Waals surface area contributed by atoms with Crippen molar-refractivity contribution >= 4 is 23.4 Å². The smallest absolute Gasteiger partial charge is 0.258 e. The number of carbonyl (C=O) groups excluding carboxylic acids is 1. The molecule has 0 saturated carbocycles. The number of rotatable bonds is 3. The van der Waals surface area contributed by atoms with Crippen molar-refractivity contribution in [3.05, 3.63) is 59.4 Å². The third-order valence-electron chi connectivity index (χ3n) is 2.72. The van der Waals surface area contributed by atoms with Crippen molar-refractivity contribution in [2.24, 2.45) is 0 Å². The number of carbonyl (C=O) groups is 1. The Morgan fingerprint density at radius 2 is 1.95 bits per heavy atom. The van der Waals surface area contributed by atoms with E-state index in [1.807, 2.05) is 24.5 Å². The summed E-state index contributed by atoms with van der Waals surface area (Å²) in [5.74, 6) is -0.932. The van der Waals surface area contributed by atoms with Crippen LogP contribution in [0.3, 0.4) is 0 Å². The first kappa shape index (κ1) is 13.6. The second-order valence-electron chi connectivity index (χ2n) is 4.14. The fourth-order valence-corrected chi connectivity index (χ4v) is 2.30. The highest BCUT2D eigenvalue weighted by atomic mass is 32.2. The maximum absolute atomic E-state index is 13.7. The molecule has 4 heteroatoms. The summed E-state index contributed by atoms with van der Waals surface area (Å²) >= 11 is 1.53. The average molecular weight is 275 g/mol. The zero-order valence-electron chi connectivity index (χ0n) is 10.7. The zero-order valence-corrected chi connectivity index (χ0v) is 11.6. The molecule has 0 unspecified atom stereocenters. The van der Waals surface area contributed by atoms with Gasteiger partial charge in [-0.3, -0.25) is 4.79 Å². The lowest BCUT2D eigenvalue weighted by Crippen LogP contribution is -2.14. The lowest BCUT2D eigenvalue weighted by atomic mass is 10.1. The number of hydrogen-bond acceptors (Lipinski definition) is 2. The summed E-state index contributed by atoms with van der Waals surface area (Å²) in [5, 5.41) is 2.74. The van der Waals surface area contributed by atoms with Crippen molar-refractivity contribution in [2.45, 2.75) is 11.8 Å². The summed E-state index contributed by atoms with van der Waals surface area (Å²) in [5.41, 5.74) is 1.54. The van der Waals surface area contributed by atoms with Gasteiger partial charge in [0.2, 0.25) is 0 Å². The summed E-state index contributed by atoms with van der Waals surface area (Å²) in [4.78, 5) is 13.0. The molecule has 0 saturated heterocycles. The van der Waals surface area contributed by atoms with Crippen LogP contribution in [0.4, 0.5) is 10.1 Å². The van der Waals surface area contributed by atoms with Gasteiger partial charge in [-0.2, -0.15) is 0 Å². The van der Waals surface area contributed by atoms with Crippen LogP contribution >= 0.6 is 11.8 Å². The van der Waals surface area contributed by atoms with Gasteiger partial charge in [0.05, 0.1) is 11.3 Å². The molecule has 0 aliphatic rings. The fourth-order valence-electron chi connectivity index (χ4n) is 1.74. The van der Waals surface area contributed by atoms with Gasteiger partial charge in [-0.05, 0) is 43.0 Å². The molecule has 1 amide bonds. The number of benzene rings is 2. The molecule has 0 aliphatic heterocycles. The predicted octanol–water partition coefficient (Wildman–Crippen LogP) is 4.11. The van der Waals surface area contributed by atoms with E-state index in [9.17, 15) is 9.18 Å². The van der Waals surface area contributed by atoms with Crippen LogP contribution in [-0.2, 0) is 0 Å². The summed E-state index contributed by atoms with van der Waals surface area (Å²) < 4.78 is 13.7. The Hall–Kier alpha value is -1.81. The van der Waals surface area contributed by atoms with Gasteiger partial charge in [-0.25, -0.2) is 4.39 Å². The molecule has 0 heterocycles. The molecule has 98 valence electrons. The fraction of sp³-hybridized carbons (Fsp3) is 0.133. The average Bonchev–Trinajstić information content (AvgIpc) is 2.39. The van der Waals surface area contributed by atoms with Gasteiger partial charge in [-0.15, -0.1) is 11.8 Å². The second kappa shape index (κ2) is 5.89. The van der Waals surface area contributed by atoms with Crippen LogP contribution in [0.15, 0.2) is 47.4 Å². The number of hydrogen-bond donors (Lipinski definition) is 1. The summed E-state index contributed by atoms with van der Waals surface area (Å²) in [6.45, 7) is 1.79. The number of nitrogens with one attached hydrogen (secondary N) is 1.